The minimum absolute atomic E-state index is 0.167. The fourth-order valence-electron chi connectivity index (χ4n) is 2.15. The number of hydrogen-bond donors (Lipinski definition) is 1. The maximum absolute atomic E-state index is 11.9. The minimum Gasteiger partial charge on any atom is -0.444 e. The molecule has 24 heavy (non-hydrogen) atoms. The van der Waals surface area contributed by atoms with Gasteiger partial charge in [0.2, 0.25) is 0 Å². The van der Waals surface area contributed by atoms with Crippen LogP contribution in [-0.2, 0) is 11.3 Å². The smallest absolute Gasteiger partial charge is 0.412 e. The molecule has 0 aliphatic rings. The topological polar surface area (TPSA) is 69.0 Å². The number of pyridine rings is 1. The molecule has 6 nitrogen and oxygen atoms in total. The normalized spacial score (nSPS) is 10.4. The van der Waals surface area contributed by atoms with Gasteiger partial charge < -0.3 is 4.74 Å². The van der Waals surface area contributed by atoms with Gasteiger partial charge in [-0.3, -0.25) is 10.3 Å². The molecule has 1 N–H and O–H groups in total. The first-order valence-electron chi connectivity index (χ1n) is 7.27. The van der Waals surface area contributed by atoms with Gasteiger partial charge in [-0.05, 0) is 36.8 Å². The molecule has 2 aromatic heterocycles. The zero-order valence-electron chi connectivity index (χ0n) is 12.9. The van der Waals surface area contributed by atoms with Crippen LogP contribution in [0, 0.1) is 6.92 Å². The summed E-state index contributed by atoms with van der Waals surface area (Å²) in [6.07, 6.45) is 4.41. The van der Waals surface area contributed by atoms with Crippen LogP contribution in [0.15, 0.2) is 55.0 Å². The number of benzene rings is 1. The molecule has 0 fully saturated rings. The van der Waals surface area contributed by atoms with Gasteiger partial charge in [0.15, 0.2) is 0 Å². The van der Waals surface area contributed by atoms with Crippen LogP contribution in [0.2, 0.25) is 5.02 Å². The van der Waals surface area contributed by atoms with Gasteiger partial charge in [-0.1, -0.05) is 23.7 Å². The van der Waals surface area contributed by atoms with Crippen LogP contribution < -0.4 is 5.32 Å². The third kappa shape index (κ3) is 3.72. The summed E-state index contributed by atoms with van der Waals surface area (Å²) in [4.78, 5) is 15.9. The van der Waals surface area contributed by atoms with E-state index in [4.69, 9.17) is 16.3 Å². The highest BCUT2D eigenvalue weighted by Crippen LogP contribution is 2.18. The average Bonchev–Trinajstić information content (AvgIpc) is 2.96. The van der Waals surface area contributed by atoms with Crippen molar-refractivity contribution in [3.63, 3.8) is 0 Å². The quantitative estimate of drug-likeness (QED) is 0.778. The predicted octanol–water partition coefficient (Wildman–Crippen LogP) is 3.98. The Hall–Kier alpha value is -2.86. The first-order chi connectivity index (χ1) is 11.6. The molecule has 1 amide bonds. The average molecular weight is 343 g/mol. The van der Waals surface area contributed by atoms with E-state index >= 15 is 0 Å². The van der Waals surface area contributed by atoms with E-state index in [0.29, 0.717) is 10.7 Å². The zero-order chi connectivity index (χ0) is 16.9. The van der Waals surface area contributed by atoms with Gasteiger partial charge in [0.05, 0.1) is 23.3 Å². The minimum atomic E-state index is -0.540. The summed E-state index contributed by atoms with van der Waals surface area (Å²) in [6, 6.07) is 10.8. The third-order valence-electron chi connectivity index (χ3n) is 3.44. The van der Waals surface area contributed by atoms with Crippen LogP contribution in [-0.4, -0.2) is 20.9 Å². The van der Waals surface area contributed by atoms with E-state index in [1.807, 2.05) is 31.2 Å². The second-order valence-corrected chi connectivity index (χ2v) is 5.52. The number of ether oxygens (including phenoxy) is 1. The summed E-state index contributed by atoms with van der Waals surface area (Å²) in [6.45, 7) is 2.03. The van der Waals surface area contributed by atoms with Crippen LogP contribution in [0.1, 0.15) is 11.3 Å². The third-order valence-corrected chi connectivity index (χ3v) is 3.69. The lowest BCUT2D eigenvalue weighted by Gasteiger charge is -2.08. The molecule has 2 heterocycles. The van der Waals surface area contributed by atoms with E-state index in [9.17, 15) is 4.79 Å². The van der Waals surface area contributed by atoms with Gasteiger partial charge in [-0.2, -0.15) is 5.10 Å². The molecule has 0 radical (unpaired) electrons. The molecular formula is C17H15ClN4O2. The zero-order valence-corrected chi connectivity index (χ0v) is 13.7. The molecule has 3 rings (SSSR count). The van der Waals surface area contributed by atoms with Crippen LogP contribution in [0.5, 0.6) is 0 Å². The second-order valence-electron chi connectivity index (χ2n) is 5.09. The maximum atomic E-state index is 11.9. The van der Waals surface area contributed by atoms with Crippen LogP contribution >= 0.6 is 11.6 Å². The molecular weight excluding hydrogens is 328 g/mol. The van der Waals surface area contributed by atoms with Gasteiger partial charge in [0, 0.05) is 17.4 Å². The largest absolute Gasteiger partial charge is 0.444 e. The van der Waals surface area contributed by atoms with Crippen molar-refractivity contribution in [3.8, 4) is 5.69 Å². The van der Waals surface area contributed by atoms with Crippen molar-refractivity contribution in [2.45, 2.75) is 13.5 Å². The molecule has 122 valence electrons. The number of rotatable bonds is 4. The van der Waals surface area contributed by atoms with Crippen molar-refractivity contribution in [1.82, 2.24) is 14.8 Å². The van der Waals surface area contributed by atoms with Crippen molar-refractivity contribution < 1.29 is 9.53 Å². The lowest BCUT2D eigenvalue weighted by molar-refractivity contribution is 0.155. The lowest BCUT2D eigenvalue weighted by Crippen LogP contribution is -2.14. The monoisotopic (exact) mass is 342 g/mol. The Morgan fingerprint density at radius 3 is 2.62 bits per heavy atom. The number of halogens is 1. The number of nitrogens with one attached hydrogen (secondary N) is 1. The summed E-state index contributed by atoms with van der Waals surface area (Å²) in [7, 11) is 0. The molecule has 0 aliphatic heterocycles. The highest BCUT2D eigenvalue weighted by Gasteiger charge is 2.11. The van der Waals surface area contributed by atoms with Gasteiger partial charge in [-0.25, -0.2) is 9.48 Å². The number of carbonyl (C=O) groups is 1. The molecule has 0 saturated heterocycles. The highest BCUT2D eigenvalue weighted by atomic mass is 35.5. The van der Waals surface area contributed by atoms with Gasteiger partial charge in [0.25, 0.3) is 0 Å². The van der Waals surface area contributed by atoms with Crippen molar-refractivity contribution in [2.24, 2.45) is 0 Å². The molecule has 0 saturated carbocycles. The number of anilines is 1. The van der Waals surface area contributed by atoms with E-state index < -0.39 is 6.09 Å². The SMILES string of the molecule is Cc1c(NC(=O)OCc2ccc(Cl)cc2)cnn1-c1ccncc1. The van der Waals surface area contributed by atoms with Gasteiger partial charge in [-0.15, -0.1) is 0 Å². The lowest BCUT2D eigenvalue weighted by atomic mass is 10.2. The van der Waals surface area contributed by atoms with Crippen molar-refractivity contribution in [2.75, 3.05) is 5.32 Å². The van der Waals surface area contributed by atoms with Gasteiger partial charge in [0.1, 0.15) is 6.61 Å². The number of hydrogen-bond acceptors (Lipinski definition) is 4. The number of amides is 1. The summed E-state index contributed by atoms with van der Waals surface area (Å²) in [5.74, 6) is 0. The van der Waals surface area contributed by atoms with E-state index in [-0.39, 0.29) is 6.61 Å². The first kappa shape index (κ1) is 16.0. The van der Waals surface area contributed by atoms with Gasteiger partial charge >= 0.3 is 6.09 Å². The second kappa shape index (κ2) is 7.14. The maximum Gasteiger partial charge on any atom is 0.412 e. The van der Waals surface area contributed by atoms with E-state index in [0.717, 1.165) is 16.9 Å². The fourth-order valence-corrected chi connectivity index (χ4v) is 2.28. The summed E-state index contributed by atoms with van der Waals surface area (Å²) in [5.41, 5.74) is 3.11. The molecule has 0 atom stereocenters. The number of aromatic nitrogens is 3. The Balaban J connectivity index is 1.63. The molecule has 0 bridgehead atoms. The highest BCUT2D eigenvalue weighted by molar-refractivity contribution is 6.30. The molecule has 1 aromatic carbocycles. The fraction of sp³-hybridized carbons (Fsp3) is 0.118. The molecule has 7 heteroatoms. The summed E-state index contributed by atoms with van der Waals surface area (Å²) < 4.78 is 6.92. The molecule has 3 aromatic rings. The Labute approximate surface area is 144 Å². The Morgan fingerprint density at radius 2 is 1.92 bits per heavy atom. The summed E-state index contributed by atoms with van der Waals surface area (Å²) in [5, 5.41) is 7.61. The van der Waals surface area contributed by atoms with Crippen molar-refractivity contribution in [1.29, 1.82) is 0 Å². The van der Waals surface area contributed by atoms with E-state index in [2.05, 4.69) is 15.4 Å². The number of nitrogens with zero attached hydrogens (tertiary/aromatic N) is 3. The Kier molecular flexibility index (Phi) is 4.77. The standard InChI is InChI=1S/C17H15ClN4O2/c1-12-16(10-20-22(12)15-6-8-19-9-7-15)21-17(23)24-11-13-2-4-14(18)5-3-13/h2-10H,11H2,1H3,(H,21,23). The number of carbonyl (C=O) groups excluding carboxylic acids is 1. The van der Waals surface area contributed by atoms with Crippen LogP contribution in [0.25, 0.3) is 5.69 Å². The van der Waals surface area contributed by atoms with Crippen molar-refractivity contribution >= 4 is 23.4 Å². The molecule has 0 spiro atoms. The van der Waals surface area contributed by atoms with Crippen molar-refractivity contribution in [3.05, 3.63) is 71.3 Å². The summed E-state index contributed by atoms with van der Waals surface area (Å²) >= 11 is 5.82. The van der Waals surface area contributed by atoms with Crippen LogP contribution in [0.3, 0.4) is 0 Å². The predicted molar refractivity (Wildman–Crippen MR) is 91.4 cm³/mol. The van der Waals surface area contributed by atoms with E-state index in [1.165, 1.54) is 0 Å². The Morgan fingerprint density at radius 1 is 1.21 bits per heavy atom. The van der Waals surface area contributed by atoms with Crippen LogP contribution in [0.4, 0.5) is 10.5 Å². The molecule has 0 aliphatic carbocycles. The first-order valence-corrected chi connectivity index (χ1v) is 7.64. The Bertz CT molecular complexity index is 832. The van der Waals surface area contributed by atoms with E-state index in [1.54, 1.807) is 35.4 Å². The molecule has 0 unspecified atom stereocenters.